The zero-order valence-corrected chi connectivity index (χ0v) is 28.7. The van der Waals surface area contributed by atoms with Gasteiger partial charge in [-0.15, -0.1) is 0 Å². The van der Waals surface area contributed by atoms with Gasteiger partial charge in [-0.1, -0.05) is 141 Å². The first-order valence-corrected chi connectivity index (χ1v) is 19.1. The molecule has 0 aromatic heterocycles. The van der Waals surface area contributed by atoms with Crippen LogP contribution >= 0.6 is 0 Å². The molecule has 2 amide bonds. The highest BCUT2D eigenvalue weighted by atomic mass is 16.2. The van der Waals surface area contributed by atoms with E-state index >= 15 is 0 Å². The molecule has 246 valence electrons. The Bertz CT molecular complexity index is 576. The van der Waals surface area contributed by atoms with Crippen molar-refractivity contribution in [2.45, 2.75) is 194 Å². The van der Waals surface area contributed by atoms with Crippen LogP contribution < -0.4 is 0 Å². The Morgan fingerprint density at radius 3 is 1.10 bits per heavy atom. The average Bonchev–Trinajstić information content (AvgIpc) is 3.08. The Labute approximate surface area is 264 Å². The molecule has 0 saturated carbocycles. The molecule has 1 fully saturated rings. The standard InChI is InChI=1S/C39H74N2O/c1-3-5-7-9-11-13-15-17-19-21-23-25-27-31-35-40-37-33-29-30-34-38-41(39(40)42)36-32-28-26-24-22-20-18-16-14-12-10-8-6-4-2/h13-16H,3-12,17-38H2,1-2H3. The van der Waals surface area contributed by atoms with Crippen molar-refractivity contribution in [3.63, 3.8) is 0 Å². The smallest absolute Gasteiger partial charge is 0.319 e. The van der Waals surface area contributed by atoms with Crippen molar-refractivity contribution in [1.29, 1.82) is 0 Å². The molecule has 0 unspecified atom stereocenters. The number of rotatable bonds is 28. The van der Waals surface area contributed by atoms with Crippen LogP contribution in [0.1, 0.15) is 194 Å². The van der Waals surface area contributed by atoms with Gasteiger partial charge in [0.25, 0.3) is 0 Å². The molecule has 0 aromatic carbocycles. The minimum atomic E-state index is 0.333. The van der Waals surface area contributed by atoms with Gasteiger partial charge in [0.15, 0.2) is 0 Å². The van der Waals surface area contributed by atoms with Gasteiger partial charge < -0.3 is 9.80 Å². The number of urea groups is 1. The van der Waals surface area contributed by atoms with Crippen LogP contribution in [0.4, 0.5) is 4.79 Å². The predicted molar refractivity (Wildman–Crippen MR) is 187 cm³/mol. The van der Waals surface area contributed by atoms with E-state index in [9.17, 15) is 4.79 Å². The van der Waals surface area contributed by atoms with Crippen LogP contribution in [0.15, 0.2) is 24.3 Å². The van der Waals surface area contributed by atoms with Crippen LogP contribution in [0, 0.1) is 0 Å². The van der Waals surface area contributed by atoms with Gasteiger partial charge >= 0.3 is 6.03 Å². The van der Waals surface area contributed by atoms with E-state index in [-0.39, 0.29) is 0 Å². The molecule has 1 heterocycles. The number of carbonyl (C=O) groups excluding carboxylic acids is 1. The minimum absolute atomic E-state index is 0.333. The second-order valence-corrected chi connectivity index (χ2v) is 13.1. The highest BCUT2D eigenvalue weighted by Crippen LogP contribution is 2.16. The normalized spacial score (nSPS) is 15.1. The highest BCUT2D eigenvalue weighted by Gasteiger charge is 2.21. The summed E-state index contributed by atoms with van der Waals surface area (Å²) in [5, 5.41) is 0. The maximum atomic E-state index is 13.4. The molecule has 0 aromatic rings. The van der Waals surface area contributed by atoms with Crippen molar-refractivity contribution in [2.75, 3.05) is 26.2 Å². The van der Waals surface area contributed by atoms with Gasteiger partial charge in [0, 0.05) is 26.2 Å². The Morgan fingerprint density at radius 2 is 0.738 bits per heavy atom. The van der Waals surface area contributed by atoms with Crippen molar-refractivity contribution in [2.24, 2.45) is 0 Å². The number of unbranched alkanes of at least 4 members (excludes halogenated alkanes) is 20. The molecule has 1 aliphatic heterocycles. The largest absolute Gasteiger partial charge is 0.325 e. The third-order valence-electron chi connectivity index (χ3n) is 9.03. The average molecular weight is 587 g/mol. The monoisotopic (exact) mass is 587 g/mol. The summed E-state index contributed by atoms with van der Waals surface area (Å²) >= 11 is 0. The van der Waals surface area contributed by atoms with Crippen LogP contribution in [0.3, 0.4) is 0 Å². The van der Waals surface area contributed by atoms with E-state index in [2.05, 4.69) is 48.0 Å². The molecule has 1 rings (SSSR count). The zero-order chi connectivity index (χ0) is 30.2. The summed E-state index contributed by atoms with van der Waals surface area (Å²) < 4.78 is 0. The Kier molecular flexibility index (Phi) is 28.8. The van der Waals surface area contributed by atoms with Gasteiger partial charge in [0.1, 0.15) is 0 Å². The topological polar surface area (TPSA) is 23.6 Å². The van der Waals surface area contributed by atoms with E-state index in [0.717, 1.165) is 26.2 Å². The van der Waals surface area contributed by atoms with Crippen LogP contribution in [0.25, 0.3) is 0 Å². The summed E-state index contributed by atoms with van der Waals surface area (Å²) in [7, 11) is 0. The second-order valence-electron chi connectivity index (χ2n) is 13.1. The molecule has 0 N–H and O–H groups in total. The molecular formula is C39H74N2O. The molecule has 0 radical (unpaired) electrons. The summed E-state index contributed by atoms with van der Waals surface area (Å²) in [5.74, 6) is 0. The number of amides is 2. The predicted octanol–water partition coefficient (Wildman–Crippen LogP) is 12.8. The zero-order valence-electron chi connectivity index (χ0n) is 28.7. The maximum Gasteiger partial charge on any atom is 0.319 e. The number of hydrogen-bond acceptors (Lipinski definition) is 1. The molecule has 3 heteroatoms. The van der Waals surface area contributed by atoms with Crippen LogP contribution in [-0.4, -0.2) is 42.0 Å². The van der Waals surface area contributed by atoms with Crippen molar-refractivity contribution in [3.05, 3.63) is 24.3 Å². The molecule has 42 heavy (non-hydrogen) atoms. The quantitative estimate of drug-likeness (QED) is 0.0660. The van der Waals surface area contributed by atoms with Crippen molar-refractivity contribution < 1.29 is 4.79 Å². The molecule has 0 atom stereocenters. The molecule has 0 bridgehead atoms. The van der Waals surface area contributed by atoms with E-state index in [0.29, 0.717) is 6.03 Å². The lowest BCUT2D eigenvalue weighted by Crippen LogP contribution is -2.44. The van der Waals surface area contributed by atoms with E-state index in [4.69, 9.17) is 0 Å². The lowest BCUT2D eigenvalue weighted by Gasteiger charge is -2.30. The first-order valence-electron chi connectivity index (χ1n) is 19.1. The Hall–Kier alpha value is -1.25. The third kappa shape index (κ3) is 24.2. The summed E-state index contributed by atoms with van der Waals surface area (Å²) in [6, 6.07) is 0.333. The molecular weight excluding hydrogens is 512 g/mol. The van der Waals surface area contributed by atoms with Gasteiger partial charge in [0.05, 0.1) is 0 Å². The lowest BCUT2D eigenvalue weighted by atomic mass is 10.1. The summed E-state index contributed by atoms with van der Waals surface area (Å²) in [4.78, 5) is 17.8. The van der Waals surface area contributed by atoms with Crippen molar-refractivity contribution >= 4 is 6.03 Å². The molecule has 0 spiro atoms. The van der Waals surface area contributed by atoms with E-state index in [1.54, 1.807) is 0 Å². The van der Waals surface area contributed by atoms with Gasteiger partial charge in [0.2, 0.25) is 0 Å². The van der Waals surface area contributed by atoms with Crippen LogP contribution in [0.2, 0.25) is 0 Å². The first kappa shape index (κ1) is 38.8. The minimum Gasteiger partial charge on any atom is -0.325 e. The first-order chi connectivity index (χ1) is 20.8. The number of allylic oxidation sites excluding steroid dienone is 4. The van der Waals surface area contributed by atoms with E-state index < -0.39 is 0 Å². The van der Waals surface area contributed by atoms with Gasteiger partial charge in [-0.3, -0.25) is 0 Å². The van der Waals surface area contributed by atoms with Gasteiger partial charge in [-0.05, 0) is 77.0 Å². The van der Waals surface area contributed by atoms with Crippen molar-refractivity contribution in [3.8, 4) is 0 Å². The van der Waals surface area contributed by atoms with E-state index in [1.165, 1.54) is 180 Å². The van der Waals surface area contributed by atoms with Gasteiger partial charge in [-0.25, -0.2) is 4.79 Å². The lowest BCUT2D eigenvalue weighted by molar-refractivity contribution is 0.152. The fourth-order valence-electron chi connectivity index (χ4n) is 6.16. The van der Waals surface area contributed by atoms with Crippen molar-refractivity contribution in [1.82, 2.24) is 9.80 Å². The second kappa shape index (κ2) is 31.2. The van der Waals surface area contributed by atoms with Crippen LogP contribution in [-0.2, 0) is 0 Å². The number of carbonyl (C=O) groups is 1. The Balaban J connectivity index is 2.10. The molecule has 3 nitrogen and oxygen atoms in total. The number of nitrogens with zero attached hydrogens (tertiary/aromatic N) is 2. The summed E-state index contributed by atoms with van der Waals surface area (Å²) in [5.41, 5.74) is 0. The Morgan fingerprint density at radius 1 is 0.429 bits per heavy atom. The van der Waals surface area contributed by atoms with Crippen LogP contribution in [0.5, 0.6) is 0 Å². The highest BCUT2D eigenvalue weighted by molar-refractivity contribution is 5.74. The molecule has 0 aliphatic carbocycles. The maximum absolute atomic E-state index is 13.4. The number of hydrogen-bond donors (Lipinski definition) is 0. The molecule has 1 aliphatic rings. The van der Waals surface area contributed by atoms with Gasteiger partial charge in [-0.2, -0.15) is 0 Å². The fraction of sp³-hybridized carbons (Fsp3) is 0.872. The fourth-order valence-corrected chi connectivity index (χ4v) is 6.16. The SMILES string of the molecule is CCCCCCC=CCCCCCCCCN1CCCCCCN(CCCCCCCCC=CCCCCCC)C1=O. The third-order valence-corrected chi connectivity index (χ3v) is 9.03. The van der Waals surface area contributed by atoms with E-state index in [1.807, 2.05) is 0 Å². The molecule has 1 saturated heterocycles. The summed E-state index contributed by atoms with van der Waals surface area (Å²) in [6.07, 6.45) is 46.1. The summed E-state index contributed by atoms with van der Waals surface area (Å²) in [6.45, 7) is 8.41.